The maximum absolute atomic E-state index is 13.2. The van der Waals surface area contributed by atoms with Crippen LogP contribution in [0.4, 0.5) is 0 Å². The molecule has 27 heavy (non-hydrogen) atoms. The molecule has 0 N–H and O–H groups in total. The van der Waals surface area contributed by atoms with Gasteiger partial charge in [-0.25, -0.2) is 4.79 Å². The molecule has 8 nitrogen and oxygen atoms in total. The zero-order valence-corrected chi connectivity index (χ0v) is 17.1. The van der Waals surface area contributed by atoms with Crippen molar-refractivity contribution in [2.45, 2.75) is 53.6 Å². The van der Waals surface area contributed by atoms with Crippen LogP contribution in [0, 0.1) is 19.8 Å². The summed E-state index contributed by atoms with van der Waals surface area (Å²) in [5.74, 6) is 1.11. The highest BCUT2D eigenvalue weighted by molar-refractivity contribution is 5.76. The van der Waals surface area contributed by atoms with E-state index in [1.54, 1.807) is 14.2 Å². The van der Waals surface area contributed by atoms with Crippen molar-refractivity contribution >= 4 is 16.9 Å². The quantitative estimate of drug-likeness (QED) is 0.591. The van der Waals surface area contributed by atoms with E-state index in [1.807, 2.05) is 18.2 Å². The molecule has 3 rings (SSSR count). The fourth-order valence-corrected chi connectivity index (χ4v) is 3.53. The van der Waals surface area contributed by atoms with E-state index in [4.69, 9.17) is 4.74 Å². The van der Waals surface area contributed by atoms with E-state index in [-0.39, 0.29) is 11.2 Å². The van der Waals surface area contributed by atoms with Gasteiger partial charge >= 0.3 is 5.69 Å². The Morgan fingerprint density at radius 2 is 1.78 bits per heavy atom. The van der Waals surface area contributed by atoms with Gasteiger partial charge in [-0.2, -0.15) is 4.98 Å². The lowest BCUT2D eigenvalue weighted by Crippen LogP contribution is -2.39. The molecule has 0 saturated carbocycles. The summed E-state index contributed by atoms with van der Waals surface area (Å²) in [6.07, 6.45) is 1.63. The van der Waals surface area contributed by atoms with Crippen molar-refractivity contribution < 1.29 is 4.74 Å². The number of methoxy groups -OCH3 is 1. The van der Waals surface area contributed by atoms with E-state index in [2.05, 4.69) is 23.4 Å². The minimum absolute atomic E-state index is 0.265. The minimum atomic E-state index is -0.311. The first-order chi connectivity index (χ1) is 12.8. The van der Waals surface area contributed by atoms with E-state index in [0.717, 1.165) is 30.8 Å². The van der Waals surface area contributed by atoms with Crippen molar-refractivity contribution in [2.24, 2.45) is 13.0 Å². The molecule has 0 unspecified atom stereocenters. The van der Waals surface area contributed by atoms with Gasteiger partial charge in [-0.1, -0.05) is 13.8 Å². The predicted octanol–water partition coefficient (Wildman–Crippen LogP) is 1.85. The van der Waals surface area contributed by atoms with Crippen molar-refractivity contribution in [1.29, 1.82) is 0 Å². The van der Waals surface area contributed by atoms with Gasteiger partial charge in [0.05, 0.1) is 0 Å². The largest absolute Gasteiger partial charge is 0.385 e. The summed E-state index contributed by atoms with van der Waals surface area (Å²) in [6.45, 7) is 10.00. The lowest BCUT2D eigenvalue weighted by Gasteiger charge is -2.10. The smallest absolute Gasteiger partial charge is 0.332 e. The Bertz CT molecular complexity index is 1100. The number of hydrogen-bond donors (Lipinski definition) is 0. The summed E-state index contributed by atoms with van der Waals surface area (Å²) >= 11 is 0. The minimum Gasteiger partial charge on any atom is -0.385 e. The molecule has 0 atom stereocenters. The van der Waals surface area contributed by atoms with Crippen molar-refractivity contribution in [3.05, 3.63) is 32.2 Å². The van der Waals surface area contributed by atoms with Gasteiger partial charge in [0.2, 0.25) is 5.78 Å². The second-order valence-corrected chi connectivity index (χ2v) is 7.57. The summed E-state index contributed by atoms with van der Waals surface area (Å²) in [5.41, 5.74) is 2.37. The number of aryl methyl sites for hydroxylation is 3. The SMILES string of the molecule is COCCCn1c(C)c(C)n2c3c(=O)n(CCC(C)C)c(=O)n(C)c3nc12. The molecule has 0 aromatic carbocycles. The number of fused-ring (bicyclic) bond motifs is 3. The van der Waals surface area contributed by atoms with E-state index in [1.165, 1.54) is 9.13 Å². The molecule has 0 spiro atoms. The molecule has 0 bridgehead atoms. The number of aromatic nitrogens is 5. The molecule has 0 aliphatic heterocycles. The van der Waals surface area contributed by atoms with Crippen molar-refractivity contribution in [1.82, 2.24) is 23.1 Å². The lowest BCUT2D eigenvalue weighted by atomic mass is 10.1. The third-order valence-corrected chi connectivity index (χ3v) is 5.29. The van der Waals surface area contributed by atoms with Crippen molar-refractivity contribution in [3.63, 3.8) is 0 Å². The highest BCUT2D eigenvalue weighted by atomic mass is 16.5. The molecule has 0 saturated heterocycles. The number of nitrogens with zero attached hydrogens (tertiary/aromatic N) is 5. The van der Waals surface area contributed by atoms with Crippen LogP contribution in [-0.4, -0.2) is 36.8 Å². The summed E-state index contributed by atoms with van der Waals surface area (Å²) in [6, 6.07) is 0. The number of rotatable bonds is 7. The van der Waals surface area contributed by atoms with Crippen LogP contribution in [0.5, 0.6) is 0 Å². The number of imidazole rings is 2. The van der Waals surface area contributed by atoms with E-state index >= 15 is 0 Å². The van der Waals surface area contributed by atoms with Crippen LogP contribution in [0.3, 0.4) is 0 Å². The van der Waals surface area contributed by atoms with Gasteiger partial charge in [0.25, 0.3) is 5.56 Å². The van der Waals surface area contributed by atoms with Gasteiger partial charge in [-0.15, -0.1) is 0 Å². The summed E-state index contributed by atoms with van der Waals surface area (Å²) in [5, 5.41) is 0. The molecule has 3 aromatic heterocycles. The highest BCUT2D eigenvalue weighted by Gasteiger charge is 2.22. The fourth-order valence-electron chi connectivity index (χ4n) is 3.53. The van der Waals surface area contributed by atoms with Crippen LogP contribution in [0.25, 0.3) is 16.9 Å². The molecule has 3 aromatic rings. The average molecular weight is 375 g/mol. The van der Waals surface area contributed by atoms with E-state index < -0.39 is 0 Å². The summed E-state index contributed by atoms with van der Waals surface area (Å²) in [4.78, 5) is 30.6. The van der Waals surface area contributed by atoms with Crippen LogP contribution in [-0.2, 0) is 24.9 Å². The Hall–Kier alpha value is -2.35. The van der Waals surface area contributed by atoms with Crippen LogP contribution in [0.2, 0.25) is 0 Å². The first-order valence-electron chi connectivity index (χ1n) is 9.46. The standard InChI is InChI=1S/C19H29N5O3/c1-12(2)8-10-23-17(25)15-16(21(5)19(23)26)20-18-22(9-7-11-27-6)13(3)14(4)24(15)18/h12H,7-11H2,1-6H3. The van der Waals surface area contributed by atoms with Crippen LogP contribution >= 0.6 is 0 Å². The molecule has 0 aliphatic rings. The average Bonchev–Trinajstić information content (AvgIpc) is 3.11. The van der Waals surface area contributed by atoms with Crippen molar-refractivity contribution in [3.8, 4) is 0 Å². The second-order valence-electron chi connectivity index (χ2n) is 7.57. The van der Waals surface area contributed by atoms with E-state index in [0.29, 0.717) is 36.0 Å². The Morgan fingerprint density at radius 1 is 1.07 bits per heavy atom. The summed E-state index contributed by atoms with van der Waals surface area (Å²) < 4.78 is 12.0. The maximum atomic E-state index is 13.2. The normalized spacial score (nSPS) is 12.1. The maximum Gasteiger partial charge on any atom is 0.332 e. The molecule has 0 fully saturated rings. The predicted molar refractivity (Wildman–Crippen MR) is 106 cm³/mol. The molecule has 3 heterocycles. The van der Waals surface area contributed by atoms with Crippen LogP contribution in [0.15, 0.2) is 9.59 Å². The molecular formula is C19H29N5O3. The molecule has 0 radical (unpaired) electrons. The van der Waals surface area contributed by atoms with Crippen LogP contribution in [0.1, 0.15) is 38.1 Å². The number of hydrogen-bond acceptors (Lipinski definition) is 4. The fraction of sp³-hybridized carbons (Fsp3) is 0.632. The first kappa shape index (κ1) is 19.4. The number of ether oxygens (including phenoxy) is 1. The first-order valence-corrected chi connectivity index (χ1v) is 9.46. The topological polar surface area (TPSA) is 75.5 Å². The third kappa shape index (κ3) is 3.12. The second kappa shape index (κ2) is 7.34. The van der Waals surface area contributed by atoms with E-state index in [9.17, 15) is 9.59 Å². The molecular weight excluding hydrogens is 346 g/mol. The lowest BCUT2D eigenvalue weighted by molar-refractivity contribution is 0.190. The van der Waals surface area contributed by atoms with Gasteiger partial charge < -0.3 is 9.30 Å². The van der Waals surface area contributed by atoms with Gasteiger partial charge in [0.1, 0.15) is 0 Å². The zero-order valence-electron chi connectivity index (χ0n) is 17.1. The van der Waals surface area contributed by atoms with Gasteiger partial charge in [0, 0.05) is 45.2 Å². The monoisotopic (exact) mass is 375 g/mol. The zero-order chi connectivity index (χ0) is 19.9. The van der Waals surface area contributed by atoms with Crippen molar-refractivity contribution in [2.75, 3.05) is 13.7 Å². The summed E-state index contributed by atoms with van der Waals surface area (Å²) in [7, 11) is 3.36. The molecule has 148 valence electrons. The third-order valence-electron chi connectivity index (χ3n) is 5.29. The Morgan fingerprint density at radius 3 is 2.41 bits per heavy atom. The van der Waals surface area contributed by atoms with Gasteiger partial charge in [-0.3, -0.25) is 18.3 Å². The molecule has 0 aliphatic carbocycles. The molecule has 8 heteroatoms. The van der Waals surface area contributed by atoms with Gasteiger partial charge in [0.15, 0.2) is 11.2 Å². The Labute approximate surface area is 158 Å². The Balaban J connectivity index is 2.29. The Kier molecular flexibility index (Phi) is 5.28. The molecule has 0 amide bonds. The van der Waals surface area contributed by atoms with Crippen LogP contribution < -0.4 is 11.2 Å². The highest BCUT2D eigenvalue weighted by Crippen LogP contribution is 2.21. The van der Waals surface area contributed by atoms with Gasteiger partial charge in [-0.05, 0) is 32.6 Å².